The van der Waals surface area contributed by atoms with Crippen molar-refractivity contribution in [3.8, 4) is 0 Å². The van der Waals surface area contributed by atoms with Crippen LogP contribution < -0.4 is 0 Å². The van der Waals surface area contributed by atoms with Gasteiger partial charge < -0.3 is 0 Å². The van der Waals surface area contributed by atoms with E-state index < -0.39 is 8.03 Å². The third-order valence-electron chi connectivity index (χ3n) is 0.415. The number of hydrogen-bond acceptors (Lipinski definition) is 1. The fourth-order valence-electron chi connectivity index (χ4n) is 0.191. The SMILES string of the molecule is CCC[P+](=O)O.[Fe]. The van der Waals surface area contributed by atoms with Crippen LogP contribution in [0.1, 0.15) is 13.3 Å². The molecule has 0 radical (unpaired) electrons. The Labute approximate surface area is 54.7 Å². The molecule has 0 aliphatic carbocycles. The minimum absolute atomic E-state index is 0. The largest absolute Gasteiger partial charge is 0.505 e. The summed E-state index contributed by atoms with van der Waals surface area (Å²) in [6, 6.07) is 0. The van der Waals surface area contributed by atoms with Gasteiger partial charge in [-0.15, -0.1) is 0 Å². The van der Waals surface area contributed by atoms with E-state index in [0.29, 0.717) is 6.16 Å². The van der Waals surface area contributed by atoms with Gasteiger partial charge in [-0.05, 0) is 11.0 Å². The Morgan fingerprint density at radius 3 is 2.14 bits per heavy atom. The summed E-state index contributed by atoms with van der Waals surface area (Å²) >= 11 is 0. The van der Waals surface area contributed by atoms with Gasteiger partial charge in [0.15, 0.2) is 6.16 Å². The Balaban J connectivity index is 0. The van der Waals surface area contributed by atoms with E-state index in [2.05, 4.69) is 0 Å². The molecular formula is C3H8FeO2P+. The normalized spacial score (nSPS) is 9.71. The van der Waals surface area contributed by atoms with Crippen molar-refractivity contribution >= 4 is 8.03 Å². The first-order valence-electron chi connectivity index (χ1n) is 1.91. The zero-order chi connectivity index (χ0) is 4.99. The van der Waals surface area contributed by atoms with Crippen LogP contribution in [0.15, 0.2) is 0 Å². The fourth-order valence-corrected chi connectivity index (χ4v) is 0.574. The molecule has 0 saturated heterocycles. The van der Waals surface area contributed by atoms with Gasteiger partial charge in [0, 0.05) is 17.1 Å². The molecule has 0 rings (SSSR count). The van der Waals surface area contributed by atoms with Crippen molar-refractivity contribution < 1.29 is 26.5 Å². The Morgan fingerprint density at radius 1 is 1.71 bits per heavy atom. The van der Waals surface area contributed by atoms with E-state index in [-0.39, 0.29) is 17.1 Å². The number of rotatable bonds is 2. The number of hydrogen-bond donors (Lipinski definition) is 1. The Morgan fingerprint density at radius 2 is 2.14 bits per heavy atom. The average Bonchev–Trinajstić information content (AvgIpc) is 1.35. The zero-order valence-corrected chi connectivity index (χ0v) is 6.07. The van der Waals surface area contributed by atoms with E-state index in [4.69, 9.17) is 4.89 Å². The van der Waals surface area contributed by atoms with E-state index in [1.165, 1.54) is 0 Å². The maximum atomic E-state index is 9.75. The molecule has 1 atom stereocenters. The van der Waals surface area contributed by atoms with Crippen LogP contribution in [0.4, 0.5) is 0 Å². The molecule has 0 saturated carbocycles. The third kappa shape index (κ3) is 10.8. The van der Waals surface area contributed by atoms with Gasteiger partial charge >= 0.3 is 8.03 Å². The summed E-state index contributed by atoms with van der Waals surface area (Å²) in [5.41, 5.74) is 0. The summed E-state index contributed by atoms with van der Waals surface area (Å²) in [5.74, 6) is 0. The van der Waals surface area contributed by atoms with Crippen molar-refractivity contribution in [2.24, 2.45) is 0 Å². The molecule has 0 amide bonds. The van der Waals surface area contributed by atoms with Crippen LogP contribution >= 0.6 is 8.03 Å². The Bertz CT molecular complexity index is 56.9. The van der Waals surface area contributed by atoms with Crippen molar-refractivity contribution in [2.45, 2.75) is 13.3 Å². The van der Waals surface area contributed by atoms with E-state index in [9.17, 15) is 4.57 Å². The Hall–Kier alpha value is 0.579. The van der Waals surface area contributed by atoms with Crippen LogP contribution in [-0.4, -0.2) is 11.1 Å². The van der Waals surface area contributed by atoms with Crippen molar-refractivity contribution in [3.63, 3.8) is 0 Å². The third-order valence-corrected chi connectivity index (χ3v) is 1.24. The second-order valence-electron chi connectivity index (χ2n) is 1.08. The molecule has 1 N–H and O–H groups in total. The van der Waals surface area contributed by atoms with Crippen molar-refractivity contribution in [1.29, 1.82) is 0 Å². The fraction of sp³-hybridized carbons (Fsp3) is 1.00. The molecule has 0 aliphatic heterocycles. The maximum absolute atomic E-state index is 9.75. The molecule has 0 aliphatic rings. The molecule has 0 bridgehead atoms. The summed E-state index contributed by atoms with van der Waals surface area (Å²) in [5, 5.41) is 0. The smallest absolute Gasteiger partial charge is 0.161 e. The van der Waals surface area contributed by atoms with E-state index in [1.807, 2.05) is 6.92 Å². The molecule has 0 fully saturated rings. The van der Waals surface area contributed by atoms with Gasteiger partial charge in [-0.1, -0.05) is 6.92 Å². The molecule has 4 heteroatoms. The van der Waals surface area contributed by atoms with E-state index in [1.54, 1.807) is 0 Å². The quantitative estimate of drug-likeness (QED) is 0.489. The molecule has 0 aromatic heterocycles. The summed E-state index contributed by atoms with van der Waals surface area (Å²) < 4.78 is 9.75. The van der Waals surface area contributed by atoms with Gasteiger partial charge in [0.25, 0.3) is 0 Å². The summed E-state index contributed by atoms with van der Waals surface area (Å²) in [6.45, 7) is 1.88. The van der Waals surface area contributed by atoms with Gasteiger partial charge in [0.1, 0.15) is 0 Å². The molecule has 0 aromatic carbocycles. The van der Waals surface area contributed by atoms with Crippen LogP contribution in [0, 0.1) is 0 Å². The van der Waals surface area contributed by atoms with Crippen LogP contribution in [0.25, 0.3) is 0 Å². The first kappa shape index (κ1) is 10.5. The molecule has 44 valence electrons. The second-order valence-corrected chi connectivity index (χ2v) is 2.23. The maximum Gasteiger partial charge on any atom is 0.505 e. The molecule has 0 heterocycles. The van der Waals surface area contributed by atoms with E-state index >= 15 is 0 Å². The first-order chi connectivity index (χ1) is 2.77. The second kappa shape index (κ2) is 6.58. The molecule has 1 unspecified atom stereocenters. The molecule has 0 aromatic rings. The van der Waals surface area contributed by atoms with Crippen molar-refractivity contribution in [1.82, 2.24) is 0 Å². The van der Waals surface area contributed by atoms with Crippen LogP contribution in [0.3, 0.4) is 0 Å². The van der Waals surface area contributed by atoms with Crippen molar-refractivity contribution in [3.05, 3.63) is 0 Å². The van der Waals surface area contributed by atoms with Crippen LogP contribution in [0.5, 0.6) is 0 Å². The standard InChI is InChI=1S/C3H7O2P.Fe/c1-2-3-6(4)5;/h2-3H2,1H3;/p+1. The van der Waals surface area contributed by atoms with Gasteiger partial charge in [-0.3, -0.25) is 0 Å². The zero-order valence-electron chi connectivity index (χ0n) is 4.07. The predicted octanol–water partition coefficient (Wildman–Crippen LogP) is 1.13. The summed E-state index contributed by atoms with van der Waals surface area (Å²) in [4.78, 5) is 8.06. The molecule has 0 spiro atoms. The summed E-state index contributed by atoms with van der Waals surface area (Å²) in [7, 11) is -1.85. The van der Waals surface area contributed by atoms with Crippen molar-refractivity contribution in [2.75, 3.05) is 6.16 Å². The van der Waals surface area contributed by atoms with Gasteiger partial charge in [0.2, 0.25) is 0 Å². The van der Waals surface area contributed by atoms with Gasteiger partial charge in [-0.2, -0.15) is 4.89 Å². The van der Waals surface area contributed by atoms with Crippen LogP contribution in [-0.2, 0) is 21.6 Å². The predicted molar refractivity (Wildman–Crippen MR) is 25.0 cm³/mol. The minimum atomic E-state index is -1.85. The summed E-state index contributed by atoms with van der Waals surface area (Å²) in [6.07, 6.45) is 1.24. The average molecular weight is 163 g/mol. The Kier molecular flexibility index (Phi) is 9.91. The minimum Gasteiger partial charge on any atom is -0.161 e. The van der Waals surface area contributed by atoms with E-state index in [0.717, 1.165) is 6.42 Å². The monoisotopic (exact) mass is 163 g/mol. The molecule has 2 nitrogen and oxygen atoms in total. The van der Waals surface area contributed by atoms with Gasteiger partial charge in [0.05, 0.1) is 0 Å². The molecular weight excluding hydrogens is 155 g/mol. The topological polar surface area (TPSA) is 37.3 Å². The van der Waals surface area contributed by atoms with Gasteiger partial charge in [-0.25, -0.2) is 0 Å². The first-order valence-corrected chi connectivity index (χ1v) is 3.30. The molecule has 7 heavy (non-hydrogen) atoms. The van der Waals surface area contributed by atoms with Crippen LogP contribution in [0.2, 0.25) is 0 Å².